The number of methoxy groups -OCH3 is 1. The van der Waals surface area contributed by atoms with Gasteiger partial charge < -0.3 is 29.2 Å². The van der Waals surface area contributed by atoms with Crippen molar-refractivity contribution in [2.75, 3.05) is 34.0 Å². The van der Waals surface area contributed by atoms with Crippen LogP contribution < -0.4 is 14.2 Å². The molecular weight excluding hydrogens is 412 g/mol. The second-order valence-corrected chi connectivity index (χ2v) is 7.26. The van der Waals surface area contributed by atoms with E-state index in [1.54, 1.807) is 7.11 Å². The van der Waals surface area contributed by atoms with E-state index < -0.39 is 12.2 Å². The van der Waals surface area contributed by atoms with Crippen LogP contribution in [0, 0.1) is 0 Å². The van der Waals surface area contributed by atoms with Gasteiger partial charge in [0.1, 0.15) is 23.0 Å². The van der Waals surface area contributed by atoms with Crippen LogP contribution in [-0.4, -0.2) is 56.1 Å². The van der Waals surface area contributed by atoms with Crippen LogP contribution in [0.3, 0.4) is 0 Å². The van der Waals surface area contributed by atoms with E-state index in [9.17, 15) is 9.90 Å². The molecule has 0 aliphatic carbocycles. The normalized spacial score (nSPS) is 17.9. The summed E-state index contributed by atoms with van der Waals surface area (Å²) in [6.45, 7) is 4.80. The lowest BCUT2D eigenvalue weighted by molar-refractivity contribution is -0.139. The molecule has 2 aromatic rings. The number of Topliss-reactive ketones (excluding diaryl/α,β-unsaturated/α-hetero) is 1. The van der Waals surface area contributed by atoms with Crippen molar-refractivity contribution in [2.24, 2.45) is 0 Å². The Morgan fingerprint density at radius 3 is 2.28 bits per heavy atom. The number of aliphatic hydroxyl groups excluding tert-OH is 2. The van der Waals surface area contributed by atoms with Gasteiger partial charge in [0.15, 0.2) is 0 Å². The smallest absolute Gasteiger partial charge is 0.138 e. The number of hydrogen-bond donors (Lipinski definition) is 2. The SMILES string of the molecule is CCOc1ccc(Cc2cc(C3CC(=O)CC(CO)O3)c(OCC)cc2OC)cc1.CO. The summed E-state index contributed by atoms with van der Waals surface area (Å²) >= 11 is 0. The van der Waals surface area contributed by atoms with Crippen LogP contribution in [-0.2, 0) is 16.0 Å². The Morgan fingerprint density at radius 2 is 1.69 bits per heavy atom. The van der Waals surface area contributed by atoms with Gasteiger partial charge in [0.25, 0.3) is 0 Å². The molecule has 2 aromatic carbocycles. The Labute approximate surface area is 189 Å². The maximum atomic E-state index is 12.2. The van der Waals surface area contributed by atoms with Gasteiger partial charge in [0, 0.05) is 38.0 Å². The molecule has 3 rings (SSSR count). The number of aliphatic hydroxyl groups is 2. The zero-order valence-corrected chi connectivity index (χ0v) is 19.3. The van der Waals surface area contributed by atoms with Crippen LogP contribution in [0.1, 0.15) is 49.5 Å². The van der Waals surface area contributed by atoms with Crippen LogP contribution in [0.15, 0.2) is 36.4 Å². The zero-order chi connectivity index (χ0) is 23.5. The fraction of sp³-hybridized carbons (Fsp3) is 0.480. The van der Waals surface area contributed by atoms with Gasteiger partial charge in [-0.05, 0) is 43.2 Å². The molecule has 2 unspecified atom stereocenters. The second-order valence-electron chi connectivity index (χ2n) is 7.26. The van der Waals surface area contributed by atoms with E-state index in [0.29, 0.717) is 25.4 Å². The molecule has 0 bridgehead atoms. The molecule has 32 heavy (non-hydrogen) atoms. The van der Waals surface area contributed by atoms with E-state index in [4.69, 9.17) is 24.1 Å². The zero-order valence-electron chi connectivity index (χ0n) is 19.3. The first-order chi connectivity index (χ1) is 15.6. The first-order valence-corrected chi connectivity index (χ1v) is 10.9. The van der Waals surface area contributed by atoms with E-state index in [0.717, 1.165) is 35.3 Å². The fourth-order valence-electron chi connectivity index (χ4n) is 3.74. The number of ether oxygens (including phenoxy) is 4. The van der Waals surface area contributed by atoms with E-state index in [-0.39, 0.29) is 25.2 Å². The van der Waals surface area contributed by atoms with Crippen molar-refractivity contribution in [1.82, 2.24) is 0 Å². The topological polar surface area (TPSA) is 94.5 Å². The van der Waals surface area contributed by atoms with Gasteiger partial charge in [-0.15, -0.1) is 0 Å². The Bertz CT molecular complexity index is 848. The molecule has 1 aliphatic heterocycles. The summed E-state index contributed by atoms with van der Waals surface area (Å²) in [6, 6.07) is 11.8. The lowest BCUT2D eigenvalue weighted by Crippen LogP contribution is -2.31. The van der Waals surface area contributed by atoms with Crippen molar-refractivity contribution in [3.05, 3.63) is 53.1 Å². The van der Waals surface area contributed by atoms with Gasteiger partial charge >= 0.3 is 0 Å². The quantitative estimate of drug-likeness (QED) is 0.609. The molecule has 0 saturated carbocycles. The predicted molar refractivity (Wildman–Crippen MR) is 122 cm³/mol. The number of carbonyl (C=O) groups is 1. The first-order valence-electron chi connectivity index (χ1n) is 10.9. The van der Waals surface area contributed by atoms with Crippen LogP contribution in [0.25, 0.3) is 0 Å². The summed E-state index contributed by atoms with van der Waals surface area (Å²) in [4.78, 5) is 12.2. The molecule has 0 aromatic heterocycles. The Morgan fingerprint density at radius 1 is 1.00 bits per heavy atom. The monoisotopic (exact) mass is 446 g/mol. The molecule has 1 heterocycles. The van der Waals surface area contributed by atoms with E-state index in [1.165, 1.54) is 0 Å². The molecule has 2 atom stereocenters. The van der Waals surface area contributed by atoms with Crippen molar-refractivity contribution in [3.8, 4) is 17.2 Å². The second kappa shape index (κ2) is 13.1. The maximum Gasteiger partial charge on any atom is 0.138 e. The van der Waals surface area contributed by atoms with Crippen molar-refractivity contribution in [2.45, 2.75) is 45.3 Å². The molecule has 7 nitrogen and oxygen atoms in total. The van der Waals surface area contributed by atoms with Crippen LogP contribution in [0.2, 0.25) is 0 Å². The third kappa shape index (κ3) is 6.69. The first kappa shape index (κ1) is 25.6. The van der Waals surface area contributed by atoms with Gasteiger partial charge in [-0.2, -0.15) is 0 Å². The van der Waals surface area contributed by atoms with Crippen molar-refractivity contribution in [3.63, 3.8) is 0 Å². The van der Waals surface area contributed by atoms with Gasteiger partial charge in [0.2, 0.25) is 0 Å². The van der Waals surface area contributed by atoms with Gasteiger partial charge in [-0.25, -0.2) is 0 Å². The number of rotatable bonds is 9. The van der Waals surface area contributed by atoms with Crippen LogP contribution in [0.4, 0.5) is 0 Å². The Kier molecular flexibility index (Phi) is 10.5. The van der Waals surface area contributed by atoms with E-state index >= 15 is 0 Å². The summed E-state index contributed by atoms with van der Waals surface area (Å²) < 4.78 is 23.0. The Balaban J connectivity index is 0.00000176. The fourth-order valence-corrected chi connectivity index (χ4v) is 3.74. The van der Waals surface area contributed by atoms with Crippen molar-refractivity contribution < 1.29 is 34.0 Å². The third-order valence-corrected chi connectivity index (χ3v) is 5.12. The third-order valence-electron chi connectivity index (χ3n) is 5.12. The Hall–Kier alpha value is -2.61. The molecule has 0 amide bonds. The molecule has 0 spiro atoms. The minimum Gasteiger partial charge on any atom is -0.496 e. The molecule has 1 fully saturated rings. The minimum atomic E-state index is -0.484. The molecular formula is C25H34O7. The number of ketones is 1. The van der Waals surface area contributed by atoms with Gasteiger partial charge in [-0.3, -0.25) is 4.79 Å². The summed E-state index contributed by atoms with van der Waals surface area (Å²) in [5, 5.41) is 16.5. The van der Waals surface area contributed by atoms with Crippen LogP contribution in [0.5, 0.6) is 17.2 Å². The molecule has 1 saturated heterocycles. The molecule has 7 heteroatoms. The lowest BCUT2D eigenvalue weighted by atomic mass is 9.93. The minimum absolute atomic E-state index is 0.0802. The van der Waals surface area contributed by atoms with E-state index in [1.807, 2.05) is 50.2 Å². The van der Waals surface area contributed by atoms with Crippen LogP contribution >= 0.6 is 0 Å². The number of benzene rings is 2. The van der Waals surface area contributed by atoms with Crippen molar-refractivity contribution in [1.29, 1.82) is 0 Å². The molecule has 0 radical (unpaired) electrons. The summed E-state index contributed by atoms with van der Waals surface area (Å²) in [7, 11) is 2.63. The highest BCUT2D eigenvalue weighted by Crippen LogP contribution is 2.39. The maximum absolute atomic E-state index is 12.2. The lowest BCUT2D eigenvalue weighted by Gasteiger charge is -2.30. The van der Waals surface area contributed by atoms with Gasteiger partial charge in [0.05, 0.1) is 39.1 Å². The average Bonchev–Trinajstić information content (AvgIpc) is 2.82. The largest absolute Gasteiger partial charge is 0.496 e. The highest BCUT2D eigenvalue weighted by Gasteiger charge is 2.31. The van der Waals surface area contributed by atoms with Gasteiger partial charge in [-0.1, -0.05) is 12.1 Å². The predicted octanol–water partition coefficient (Wildman–Crippen LogP) is 3.47. The molecule has 2 N–H and O–H groups in total. The summed E-state index contributed by atoms with van der Waals surface area (Å²) in [5.41, 5.74) is 2.90. The summed E-state index contributed by atoms with van der Waals surface area (Å²) in [6.07, 6.45) is 0.230. The van der Waals surface area contributed by atoms with E-state index in [2.05, 4.69) is 0 Å². The summed E-state index contributed by atoms with van der Waals surface area (Å²) in [5.74, 6) is 2.28. The number of hydrogen-bond acceptors (Lipinski definition) is 7. The molecule has 1 aliphatic rings. The highest BCUT2D eigenvalue weighted by molar-refractivity contribution is 5.80. The number of carbonyl (C=O) groups excluding carboxylic acids is 1. The highest BCUT2D eigenvalue weighted by atomic mass is 16.5. The average molecular weight is 447 g/mol. The standard InChI is InChI=1S/C24H30O6.CH4O/c1-4-28-19-8-6-16(7-9-19)10-17-11-21(23(29-5-2)14-22(17)27-3)24-13-18(26)12-20(15-25)30-24;1-2/h6-9,11,14,20,24-25H,4-5,10,12-13,15H2,1-3H3;2H,1H3. The van der Waals surface area contributed by atoms with Crippen molar-refractivity contribution >= 4 is 5.78 Å². The molecule has 176 valence electrons.